The van der Waals surface area contributed by atoms with E-state index in [9.17, 15) is 10.5 Å². The molecule has 4 heteroatoms. The van der Waals surface area contributed by atoms with Gasteiger partial charge in [-0.05, 0) is 53.6 Å². The summed E-state index contributed by atoms with van der Waals surface area (Å²) in [5, 5.41) is 18.8. The number of aromatic nitrogens is 2. The Kier molecular flexibility index (Phi) is 5.30. The monoisotopic (exact) mass is 334 g/mol. The molecule has 0 bridgehead atoms. The minimum Gasteiger partial charge on any atom is -0.256 e. The van der Waals surface area contributed by atoms with Gasteiger partial charge in [-0.1, -0.05) is 30.3 Å². The van der Waals surface area contributed by atoms with E-state index in [-0.39, 0.29) is 0 Å². The molecule has 0 aliphatic rings. The maximum Gasteiger partial charge on any atom is 0.101 e. The first-order valence-corrected chi connectivity index (χ1v) is 7.96. The van der Waals surface area contributed by atoms with E-state index in [1.807, 2.05) is 48.5 Å². The van der Waals surface area contributed by atoms with Crippen molar-refractivity contribution in [1.82, 2.24) is 9.97 Å². The van der Waals surface area contributed by atoms with Gasteiger partial charge < -0.3 is 0 Å². The van der Waals surface area contributed by atoms with Gasteiger partial charge in [-0.2, -0.15) is 10.5 Å². The van der Waals surface area contributed by atoms with Crippen molar-refractivity contribution in [1.29, 1.82) is 10.5 Å². The summed E-state index contributed by atoms with van der Waals surface area (Å²) in [6, 6.07) is 22.9. The van der Waals surface area contributed by atoms with E-state index >= 15 is 0 Å². The van der Waals surface area contributed by atoms with Gasteiger partial charge in [0.25, 0.3) is 0 Å². The van der Waals surface area contributed by atoms with Crippen molar-refractivity contribution in [2.75, 3.05) is 0 Å². The van der Waals surface area contributed by atoms with E-state index in [2.05, 4.69) is 22.1 Å². The van der Waals surface area contributed by atoms with Crippen LogP contribution >= 0.6 is 0 Å². The number of rotatable bonds is 4. The van der Waals surface area contributed by atoms with Gasteiger partial charge in [-0.25, -0.2) is 0 Å². The Labute approximate surface area is 152 Å². The van der Waals surface area contributed by atoms with Crippen LogP contribution in [0.5, 0.6) is 0 Å². The third-order valence-corrected chi connectivity index (χ3v) is 3.66. The van der Waals surface area contributed by atoms with Crippen LogP contribution in [0.2, 0.25) is 0 Å². The van der Waals surface area contributed by atoms with Gasteiger partial charge in [-0.3, -0.25) is 9.97 Å². The van der Waals surface area contributed by atoms with Crippen LogP contribution in [0, 0.1) is 22.7 Å². The van der Waals surface area contributed by atoms with E-state index < -0.39 is 0 Å². The van der Waals surface area contributed by atoms with Crippen LogP contribution in [-0.4, -0.2) is 9.97 Å². The predicted molar refractivity (Wildman–Crippen MR) is 102 cm³/mol. The summed E-state index contributed by atoms with van der Waals surface area (Å²) < 4.78 is 0. The molecule has 0 unspecified atom stereocenters. The summed E-state index contributed by atoms with van der Waals surface area (Å²) >= 11 is 0. The maximum atomic E-state index is 9.42. The normalized spacial score (nSPS) is 11.5. The van der Waals surface area contributed by atoms with Gasteiger partial charge in [0, 0.05) is 12.4 Å². The van der Waals surface area contributed by atoms with Crippen molar-refractivity contribution in [3.63, 3.8) is 0 Å². The van der Waals surface area contributed by atoms with Gasteiger partial charge in [0.2, 0.25) is 0 Å². The lowest BCUT2D eigenvalue weighted by Gasteiger charge is -2.02. The van der Waals surface area contributed by atoms with Crippen LogP contribution in [0.3, 0.4) is 0 Å². The fourth-order valence-electron chi connectivity index (χ4n) is 2.44. The molecule has 3 aromatic rings. The quantitative estimate of drug-likeness (QED) is 0.653. The molecule has 0 atom stereocenters. The standard InChI is InChI=1S/C22H14N4/c23-15-19(21-8-1-3-10-25-21)13-17-6-5-7-18(12-17)14-20(16-24)22-9-2-4-11-26-22/h1-14H. The first-order valence-electron chi connectivity index (χ1n) is 7.96. The summed E-state index contributed by atoms with van der Waals surface area (Å²) in [6.07, 6.45) is 6.89. The van der Waals surface area contributed by atoms with Crippen LogP contribution in [-0.2, 0) is 0 Å². The molecule has 4 nitrogen and oxygen atoms in total. The molecule has 0 aliphatic carbocycles. The maximum absolute atomic E-state index is 9.42. The highest BCUT2D eigenvalue weighted by molar-refractivity contribution is 5.90. The van der Waals surface area contributed by atoms with Crippen molar-refractivity contribution < 1.29 is 0 Å². The van der Waals surface area contributed by atoms with Crippen LogP contribution < -0.4 is 0 Å². The van der Waals surface area contributed by atoms with Crippen LogP contribution in [0.25, 0.3) is 23.3 Å². The first-order chi connectivity index (χ1) is 12.8. The largest absolute Gasteiger partial charge is 0.256 e. The molecule has 0 spiro atoms. The number of nitrogens with zero attached hydrogens (tertiary/aromatic N) is 4. The molecule has 0 fully saturated rings. The average molecular weight is 334 g/mol. The van der Waals surface area contributed by atoms with Crippen molar-refractivity contribution in [2.45, 2.75) is 0 Å². The zero-order chi connectivity index (χ0) is 18.2. The van der Waals surface area contributed by atoms with E-state index in [0.29, 0.717) is 22.5 Å². The Hall–Kier alpha value is -4.02. The number of hydrogen-bond donors (Lipinski definition) is 0. The number of hydrogen-bond acceptors (Lipinski definition) is 4. The number of allylic oxidation sites excluding steroid dienone is 2. The number of pyridine rings is 2. The summed E-state index contributed by atoms with van der Waals surface area (Å²) in [5.41, 5.74) is 3.94. The van der Waals surface area contributed by atoms with Crippen molar-refractivity contribution in [2.24, 2.45) is 0 Å². The van der Waals surface area contributed by atoms with Gasteiger partial charge in [0.15, 0.2) is 0 Å². The lowest BCUT2D eigenvalue weighted by Crippen LogP contribution is -1.87. The molecule has 3 rings (SSSR count). The van der Waals surface area contributed by atoms with Crippen molar-refractivity contribution >= 4 is 23.3 Å². The van der Waals surface area contributed by atoms with Crippen LogP contribution in [0.15, 0.2) is 73.1 Å². The molecule has 2 heterocycles. The molecular formula is C22H14N4. The highest BCUT2D eigenvalue weighted by atomic mass is 14.7. The molecule has 0 radical (unpaired) electrons. The lowest BCUT2D eigenvalue weighted by atomic mass is 10.0. The third kappa shape index (κ3) is 4.08. The smallest absolute Gasteiger partial charge is 0.101 e. The summed E-state index contributed by atoms with van der Waals surface area (Å²) in [5.74, 6) is 0. The van der Waals surface area contributed by atoms with E-state index in [4.69, 9.17) is 0 Å². The summed E-state index contributed by atoms with van der Waals surface area (Å²) in [6.45, 7) is 0. The first kappa shape index (κ1) is 16.8. The van der Waals surface area contributed by atoms with Crippen molar-refractivity contribution in [3.8, 4) is 12.1 Å². The van der Waals surface area contributed by atoms with E-state index in [0.717, 1.165) is 11.1 Å². The zero-order valence-electron chi connectivity index (χ0n) is 13.9. The Morgan fingerprint density at radius 3 is 1.58 bits per heavy atom. The lowest BCUT2D eigenvalue weighted by molar-refractivity contribution is 1.28. The molecule has 0 aliphatic heterocycles. The predicted octanol–water partition coefficient (Wildman–Crippen LogP) is 4.60. The van der Waals surface area contributed by atoms with E-state index in [1.54, 1.807) is 36.7 Å². The van der Waals surface area contributed by atoms with Gasteiger partial charge in [0.1, 0.15) is 12.1 Å². The number of benzene rings is 1. The molecule has 1 aromatic carbocycles. The van der Waals surface area contributed by atoms with Gasteiger partial charge in [-0.15, -0.1) is 0 Å². The highest BCUT2D eigenvalue weighted by Crippen LogP contribution is 2.19. The Balaban J connectivity index is 1.96. The van der Waals surface area contributed by atoms with E-state index in [1.165, 1.54) is 0 Å². The number of nitriles is 2. The summed E-state index contributed by atoms with van der Waals surface area (Å²) in [7, 11) is 0. The second-order valence-corrected chi connectivity index (χ2v) is 5.44. The molecule has 0 N–H and O–H groups in total. The molecule has 122 valence electrons. The Bertz CT molecular complexity index is 954. The second kappa shape index (κ2) is 8.19. The molecular weight excluding hydrogens is 320 g/mol. The molecule has 0 amide bonds. The van der Waals surface area contributed by atoms with Crippen LogP contribution in [0.4, 0.5) is 0 Å². The summed E-state index contributed by atoms with van der Waals surface area (Å²) in [4.78, 5) is 8.43. The highest BCUT2D eigenvalue weighted by Gasteiger charge is 2.04. The Morgan fingerprint density at radius 1 is 0.692 bits per heavy atom. The second-order valence-electron chi connectivity index (χ2n) is 5.44. The molecule has 0 saturated heterocycles. The molecule has 2 aromatic heterocycles. The Morgan fingerprint density at radius 2 is 1.19 bits per heavy atom. The fourth-order valence-corrected chi connectivity index (χ4v) is 2.44. The topological polar surface area (TPSA) is 73.4 Å². The average Bonchev–Trinajstić information content (AvgIpc) is 2.72. The van der Waals surface area contributed by atoms with Gasteiger partial charge in [0.05, 0.1) is 22.5 Å². The molecule has 0 saturated carbocycles. The minimum absolute atomic E-state index is 0.483. The van der Waals surface area contributed by atoms with Crippen LogP contribution in [0.1, 0.15) is 22.5 Å². The van der Waals surface area contributed by atoms with Gasteiger partial charge >= 0.3 is 0 Å². The third-order valence-electron chi connectivity index (χ3n) is 3.66. The van der Waals surface area contributed by atoms with Crippen molar-refractivity contribution in [3.05, 3.63) is 95.6 Å². The fraction of sp³-hybridized carbons (Fsp3) is 0. The molecule has 26 heavy (non-hydrogen) atoms. The zero-order valence-corrected chi connectivity index (χ0v) is 13.9. The SMILES string of the molecule is N#CC(=Cc1cccc(C=C(C#N)c2ccccn2)c1)c1ccccn1. The minimum atomic E-state index is 0.483.